The van der Waals surface area contributed by atoms with Crippen molar-refractivity contribution in [1.29, 1.82) is 0 Å². The average Bonchev–Trinajstić information content (AvgIpc) is 3.43. The predicted molar refractivity (Wildman–Crippen MR) is 112 cm³/mol. The Bertz CT molecular complexity index is 1160. The zero-order valence-corrected chi connectivity index (χ0v) is 18.7. The molecule has 162 valence electrons. The summed E-state index contributed by atoms with van der Waals surface area (Å²) in [6, 6.07) is 5.12. The van der Waals surface area contributed by atoms with Gasteiger partial charge in [0.05, 0.1) is 28.0 Å². The van der Waals surface area contributed by atoms with Crippen LogP contribution in [0.3, 0.4) is 0 Å². The van der Waals surface area contributed by atoms with Crippen LogP contribution in [-0.4, -0.2) is 46.5 Å². The molecule has 0 amide bonds. The Hall–Kier alpha value is -2.30. The lowest BCUT2D eigenvalue weighted by atomic mass is 9.96. The number of sulfonamides is 1. The van der Waals surface area contributed by atoms with Crippen molar-refractivity contribution in [3.05, 3.63) is 35.7 Å². The van der Waals surface area contributed by atoms with Gasteiger partial charge in [0.25, 0.3) is 0 Å². The first kappa shape index (κ1) is 21.0. The van der Waals surface area contributed by atoms with Gasteiger partial charge in [-0.15, -0.1) is 0 Å². The number of aromatic nitrogens is 4. The highest BCUT2D eigenvalue weighted by molar-refractivity contribution is 7.89. The van der Waals surface area contributed by atoms with Gasteiger partial charge in [-0.1, -0.05) is 18.0 Å². The molecule has 0 aliphatic heterocycles. The first-order chi connectivity index (χ1) is 14.3. The first-order valence-electron chi connectivity index (χ1n) is 10.2. The van der Waals surface area contributed by atoms with Crippen molar-refractivity contribution < 1.29 is 12.9 Å². The van der Waals surface area contributed by atoms with Crippen LogP contribution in [0, 0.1) is 6.92 Å². The molecule has 0 spiro atoms. The minimum atomic E-state index is -3.51. The topological polar surface area (TPSA) is 106 Å². The molecule has 2 aromatic heterocycles. The van der Waals surface area contributed by atoms with E-state index < -0.39 is 10.0 Å². The molecule has 1 aliphatic carbocycles. The summed E-state index contributed by atoms with van der Waals surface area (Å²) in [7, 11) is -0.450. The molecular formula is C20H28N6O3S. The molecule has 0 atom stereocenters. The molecule has 1 fully saturated rings. The Kier molecular flexibility index (Phi) is 5.41. The Morgan fingerprint density at radius 1 is 1.23 bits per heavy atom. The number of hydrogen-bond acceptors (Lipinski definition) is 7. The van der Waals surface area contributed by atoms with E-state index in [-0.39, 0.29) is 10.4 Å². The first-order valence-corrected chi connectivity index (χ1v) is 11.7. The van der Waals surface area contributed by atoms with Gasteiger partial charge in [0.2, 0.25) is 15.9 Å². The van der Waals surface area contributed by atoms with Crippen LogP contribution < -0.4 is 5.32 Å². The number of nitrogens with one attached hydrogen (secondary N) is 1. The summed E-state index contributed by atoms with van der Waals surface area (Å²) >= 11 is 0. The molecule has 0 radical (unpaired) electrons. The zero-order chi connectivity index (χ0) is 21.5. The van der Waals surface area contributed by atoms with Gasteiger partial charge < -0.3 is 9.09 Å². The quantitative estimate of drug-likeness (QED) is 0.611. The van der Waals surface area contributed by atoms with Crippen LogP contribution in [0.4, 0.5) is 0 Å². The van der Waals surface area contributed by atoms with E-state index in [9.17, 15) is 8.42 Å². The maximum atomic E-state index is 12.5. The highest BCUT2D eigenvalue weighted by Crippen LogP contribution is 2.37. The molecule has 9 nitrogen and oxygen atoms in total. The van der Waals surface area contributed by atoms with E-state index >= 15 is 0 Å². The summed E-state index contributed by atoms with van der Waals surface area (Å²) < 4.78 is 33.5. The highest BCUT2D eigenvalue weighted by atomic mass is 32.2. The fraction of sp³-hybridized carbons (Fsp3) is 0.550. The maximum absolute atomic E-state index is 12.5. The smallest absolute Gasteiger partial charge is 0.242 e. The van der Waals surface area contributed by atoms with Crippen LogP contribution in [-0.2, 0) is 28.7 Å². The molecule has 3 aromatic rings. The number of hydrogen-bond donors (Lipinski definition) is 1. The summed E-state index contributed by atoms with van der Waals surface area (Å²) in [4.78, 5) is 9.49. The minimum absolute atomic E-state index is 0.245. The number of imidazole rings is 1. The molecule has 30 heavy (non-hydrogen) atoms. The largest absolute Gasteiger partial charge is 0.340 e. The molecule has 1 aliphatic rings. The van der Waals surface area contributed by atoms with E-state index in [4.69, 9.17) is 9.51 Å². The number of benzene rings is 1. The van der Waals surface area contributed by atoms with Gasteiger partial charge in [-0.3, -0.25) is 5.32 Å². The lowest BCUT2D eigenvalue weighted by Gasteiger charge is -2.26. The van der Waals surface area contributed by atoms with Crippen LogP contribution in [0.2, 0.25) is 0 Å². The van der Waals surface area contributed by atoms with E-state index in [2.05, 4.69) is 26.9 Å². The molecule has 1 aromatic carbocycles. The number of aryl methyl sites for hydroxylation is 2. The van der Waals surface area contributed by atoms with Crippen LogP contribution in [0.15, 0.2) is 27.6 Å². The SMILES string of the molecule is CCn1c(CNC2(c3noc(C)n3)CCCC2)nc2cc(S(=O)(=O)N(C)C)ccc21. The van der Waals surface area contributed by atoms with Crippen molar-refractivity contribution in [3.8, 4) is 0 Å². The van der Waals surface area contributed by atoms with Crippen molar-refractivity contribution in [2.45, 2.75) is 63.1 Å². The number of rotatable bonds is 7. The second-order valence-electron chi connectivity index (χ2n) is 7.99. The van der Waals surface area contributed by atoms with Gasteiger partial charge >= 0.3 is 0 Å². The molecule has 10 heteroatoms. The fourth-order valence-electron chi connectivity index (χ4n) is 4.22. The Morgan fingerprint density at radius 3 is 2.57 bits per heavy atom. The second-order valence-corrected chi connectivity index (χ2v) is 10.1. The molecule has 0 bridgehead atoms. The van der Waals surface area contributed by atoms with Crippen molar-refractivity contribution in [2.75, 3.05) is 14.1 Å². The monoisotopic (exact) mass is 432 g/mol. The van der Waals surface area contributed by atoms with Gasteiger partial charge in [0.15, 0.2) is 5.82 Å². The van der Waals surface area contributed by atoms with Crippen molar-refractivity contribution in [1.82, 2.24) is 29.3 Å². The van der Waals surface area contributed by atoms with Crippen molar-refractivity contribution in [2.24, 2.45) is 0 Å². The van der Waals surface area contributed by atoms with E-state index in [0.717, 1.165) is 43.6 Å². The average molecular weight is 433 g/mol. The van der Waals surface area contributed by atoms with E-state index in [0.29, 0.717) is 23.8 Å². The molecular weight excluding hydrogens is 404 g/mol. The Balaban J connectivity index is 1.67. The van der Waals surface area contributed by atoms with E-state index in [1.54, 1.807) is 19.1 Å². The molecule has 4 rings (SSSR count). The lowest BCUT2D eigenvalue weighted by molar-refractivity contribution is 0.294. The molecule has 2 heterocycles. The number of fused-ring (bicyclic) bond motifs is 1. The maximum Gasteiger partial charge on any atom is 0.242 e. The van der Waals surface area contributed by atoms with Crippen LogP contribution in [0.1, 0.15) is 50.1 Å². The lowest BCUT2D eigenvalue weighted by Crippen LogP contribution is -2.41. The van der Waals surface area contributed by atoms with Crippen molar-refractivity contribution in [3.63, 3.8) is 0 Å². The van der Waals surface area contributed by atoms with Gasteiger partial charge in [-0.25, -0.2) is 17.7 Å². The second kappa shape index (κ2) is 7.75. The molecule has 1 saturated carbocycles. The Labute approximate surface area is 176 Å². The van der Waals surface area contributed by atoms with E-state index in [1.165, 1.54) is 18.4 Å². The van der Waals surface area contributed by atoms with Gasteiger partial charge in [0, 0.05) is 27.6 Å². The summed E-state index contributed by atoms with van der Waals surface area (Å²) in [5, 5.41) is 7.82. The third kappa shape index (κ3) is 3.52. The third-order valence-electron chi connectivity index (χ3n) is 5.89. The number of nitrogens with zero attached hydrogens (tertiary/aromatic N) is 5. The molecule has 0 saturated heterocycles. The van der Waals surface area contributed by atoms with Gasteiger partial charge in [0.1, 0.15) is 5.82 Å². The highest BCUT2D eigenvalue weighted by Gasteiger charge is 2.39. The summed E-state index contributed by atoms with van der Waals surface area (Å²) in [5.41, 5.74) is 1.28. The van der Waals surface area contributed by atoms with Gasteiger partial charge in [-0.2, -0.15) is 4.98 Å². The van der Waals surface area contributed by atoms with Crippen LogP contribution in [0.5, 0.6) is 0 Å². The predicted octanol–water partition coefficient (Wildman–Crippen LogP) is 2.56. The summed E-state index contributed by atoms with van der Waals surface area (Å²) in [5.74, 6) is 2.13. The Morgan fingerprint density at radius 2 is 1.97 bits per heavy atom. The van der Waals surface area contributed by atoms with Gasteiger partial charge in [-0.05, 0) is 38.0 Å². The zero-order valence-electron chi connectivity index (χ0n) is 17.8. The van der Waals surface area contributed by atoms with Crippen LogP contribution in [0.25, 0.3) is 11.0 Å². The fourth-order valence-corrected chi connectivity index (χ4v) is 5.14. The molecule has 0 unspecified atom stereocenters. The van der Waals surface area contributed by atoms with Crippen molar-refractivity contribution >= 4 is 21.1 Å². The standard InChI is InChI=1S/C20H28N6O3S/c1-5-26-17-9-8-15(30(27,28)25(3)4)12-16(17)23-18(26)13-21-20(10-6-7-11-20)19-22-14(2)29-24-19/h8-9,12,21H,5-7,10-11,13H2,1-4H3. The summed E-state index contributed by atoms with van der Waals surface area (Å²) in [6.07, 6.45) is 4.11. The third-order valence-corrected chi connectivity index (χ3v) is 7.70. The summed E-state index contributed by atoms with van der Waals surface area (Å²) in [6.45, 7) is 5.13. The normalized spacial score (nSPS) is 16.7. The molecule has 1 N–H and O–H groups in total. The van der Waals surface area contributed by atoms with E-state index in [1.807, 2.05) is 6.07 Å². The minimum Gasteiger partial charge on any atom is -0.340 e. The van der Waals surface area contributed by atoms with Crippen LogP contribution >= 0.6 is 0 Å².